The number of nitrogens with one attached hydrogen (secondary N) is 1. The van der Waals surface area contributed by atoms with Gasteiger partial charge in [0.25, 0.3) is 0 Å². The second-order valence-corrected chi connectivity index (χ2v) is 8.26. The zero-order valence-corrected chi connectivity index (χ0v) is 18.7. The highest BCUT2D eigenvalue weighted by Crippen LogP contribution is 2.32. The van der Waals surface area contributed by atoms with Gasteiger partial charge in [0.2, 0.25) is 0 Å². The van der Waals surface area contributed by atoms with Crippen LogP contribution in [0.2, 0.25) is 0 Å². The molecule has 0 amide bonds. The summed E-state index contributed by atoms with van der Waals surface area (Å²) < 4.78 is 64.4. The number of benzene rings is 1. The Balaban J connectivity index is 0.000000384. The van der Waals surface area contributed by atoms with Crippen LogP contribution in [0.5, 0.6) is 5.75 Å². The van der Waals surface area contributed by atoms with Crippen molar-refractivity contribution in [2.45, 2.75) is 44.0 Å². The third kappa shape index (κ3) is 6.43. The largest absolute Gasteiger partial charge is 0.490 e. The minimum Gasteiger partial charge on any atom is -0.487 e. The van der Waals surface area contributed by atoms with E-state index in [1.807, 2.05) is 0 Å². The molecule has 2 aliphatic rings. The van der Waals surface area contributed by atoms with E-state index in [-0.39, 0.29) is 11.9 Å². The van der Waals surface area contributed by atoms with Gasteiger partial charge in [-0.25, -0.2) is 23.5 Å². The minimum atomic E-state index is -5.08. The van der Waals surface area contributed by atoms with Crippen LogP contribution in [-0.4, -0.2) is 62.7 Å². The Bertz CT molecular complexity index is 1230. The van der Waals surface area contributed by atoms with E-state index < -0.39 is 23.8 Å². The summed E-state index contributed by atoms with van der Waals surface area (Å²) in [6, 6.07) is 3.83. The lowest BCUT2D eigenvalue weighted by Gasteiger charge is -2.33. The van der Waals surface area contributed by atoms with Crippen molar-refractivity contribution in [2.24, 2.45) is 0 Å². The van der Waals surface area contributed by atoms with Gasteiger partial charge in [0.05, 0.1) is 12.4 Å². The molecule has 1 saturated heterocycles. The van der Waals surface area contributed by atoms with Crippen LogP contribution >= 0.6 is 0 Å². The Labute approximate surface area is 201 Å². The predicted molar refractivity (Wildman–Crippen MR) is 118 cm³/mol. The van der Waals surface area contributed by atoms with Gasteiger partial charge in [-0.05, 0) is 25.0 Å². The van der Waals surface area contributed by atoms with Crippen molar-refractivity contribution in [3.63, 3.8) is 0 Å². The summed E-state index contributed by atoms with van der Waals surface area (Å²) in [6.45, 7) is 1.40. The molecule has 9 nitrogen and oxygen atoms in total. The number of rotatable bonds is 5. The number of aliphatic carboxylic acids is 1. The summed E-state index contributed by atoms with van der Waals surface area (Å²) in [5, 5.41) is 18.4. The van der Waals surface area contributed by atoms with E-state index in [0.717, 1.165) is 30.5 Å². The molecule has 1 aliphatic heterocycles. The molecule has 1 aliphatic carbocycles. The number of aromatic nitrogens is 4. The monoisotopic (exact) mass is 512 g/mol. The van der Waals surface area contributed by atoms with E-state index in [4.69, 9.17) is 24.6 Å². The van der Waals surface area contributed by atoms with E-state index in [1.54, 1.807) is 12.4 Å². The fourth-order valence-corrected chi connectivity index (χ4v) is 3.49. The number of carboxylic acid groups (broad SMARTS) is 1. The first-order valence-electron chi connectivity index (χ1n) is 11.0. The first-order chi connectivity index (χ1) is 17.1. The number of ether oxygens (including phenoxy) is 1. The third-order valence-corrected chi connectivity index (χ3v) is 5.45. The van der Waals surface area contributed by atoms with E-state index >= 15 is 0 Å². The number of hydrogen-bond acceptors (Lipinski definition) is 8. The van der Waals surface area contributed by atoms with E-state index in [9.17, 15) is 22.0 Å². The van der Waals surface area contributed by atoms with E-state index in [0.29, 0.717) is 43.0 Å². The quantitative estimate of drug-likeness (QED) is 0.491. The molecule has 3 aromatic rings. The Kier molecular flexibility index (Phi) is 7.31. The number of piperidine rings is 1. The van der Waals surface area contributed by atoms with Gasteiger partial charge in [-0.1, -0.05) is 0 Å². The lowest BCUT2D eigenvalue weighted by Crippen LogP contribution is -2.39. The van der Waals surface area contributed by atoms with Crippen molar-refractivity contribution in [3.05, 3.63) is 42.2 Å². The minimum absolute atomic E-state index is 0.0880. The van der Waals surface area contributed by atoms with E-state index in [1.165, 1.54) is 12.1 Å². The number of hydrogen-bond donors (Lipinski definition) is 2. The van der Waals surface area contributed by atoms with Gasteiger partial charge in [-0.2, -0.15) is 23.4 Å². The first kappa shape index (κ1) is 25.3. The molecular formula is C22H21F5N6O3. The van der Waals surface area contributed by atoms with Crippen molar-refractivity contribution in [1.82, 2.24) is 20.2 Å². The number of nitrogens with zero attached hydrogens (tertiary/aromatic N) is 5. The summed E-state index contributed by atoms with van der Waals surface area (Å²) in [6.07, 6.45) is 1.67. The molecule has 2 fully saturated rings. The number of carboxylic acids is 1. The van der Waals surface area contributed by atoms with Crippen LogP contribution in [0.3, 0.4) is 0 Å². The maximum Gasteiger partial charge on any atom is 0.490 e. The third-order valence-electron chi connectivity index (χ3n) is 5.45. The van der Waals surface area contributed by atoms with Gasteiger partial charge in [-0.3, -0.25) is 0 Å². The number of carbonyl (C=O) groups is 1. The maximum atomic E-state index is 13.9. The van der Waals surface area contributed by atoms with Crippen LogP contribution < -0.4 is 15.0 Å². The predicted octanol–water partition coefficient (Wildman–Crippen LogP) is 3.95. The Hall–Kier alpha value is -3.84. The Morgan fingerprint density at radius 1 is 1.03 bits per heavy atom. The average Bonchev–Trinajstić information content (AvgIpc) is 3.65. The molecule has 1 aromatic carbocycles. The summed E-state index contributed by atoms with van der Waals surface area (Å²) >= 11 is 0. The van der Waals surface area contributed by atoms with Crippen LogP contribution in [0.4, 0.5) is 33.6 Å². The smallest absolute Gasteiger partial charge is 0.487 e. The Morgan fingerprint density at radius 3 is 2.19 bits per heavy atom. The average molecular weight is 512 g/mol. The molecule has 2 aromatic heterocycles. The van der Waals surface area contributed by atoms with Gasteiger partial charge < -0.3 is 20.1 Å². The van der Waals surface area contributed by atoms with Crippen LogP contribution in [-0.2, 0) is 4.79 Å². The van der Waals surface area contributed by atoms with Crippen LogP contribution in [0.1, 0.15) is 25.7 Å². The van der Waals surface area contributed by atoms with Crippen molar-refractivity contribution < 1.29 is 36.6 Å². The second-order valence-electron chi connectivity index (χ2n) is 8.26. The number of anilines is 2. The second kappa shape index (κ2) is 10.4. The van der Waals surface area contributed by atoms with Gasteiger partial charge in [0, 0.05) is 38.0 Å². The van der Waals surface area contributed by atoms with Crippen LogP contribution in [0.25, 0.3) is 11.0 Å². The van der Waals surface area contributed by atoms with E-state index in [2.05, 4.69) is 20.4 Å². The lowest BCUT2D eigenvalue weighted by atomic mass is 10.1. The zero-order valence-electron chi connectivity index (χ0n) is 18.7. The van der Waals surface area contributed by atoms with Gasteiger partial charge in [-0.15, -0.1) is 0 Å². The van der Waals surface area contributed by atoms with Crippen molar-refractivity contribution >= 4 is 28.6 Å². The highest BCUT2D eigenvalue weighted by atomic mass is 19.4. The summed E-state index contributed by atoms with van der Waals surface area (Å²) in [7, 11) is 0. The molecule has 0 radical (unpaired) electrons. The molecule has 14 heteroatoms. The van der Waals surface area contributed by atoms with Crippen LogP contribution in [0, 0.1) is 11.6 Å². The number of alkyl halides is 3. The molecule has 0 bridgehead atoms. The molecule has 192 valence electrons. The van der Waals surface area contributed by atoms with Crippen molar-refractivity contribution in [3.8, 4) is 5.75 Å². The van der Waals surface area contributed by atoms with Gasteiger partial charge in [0.15, 0.2) is 23.2 Å². The fraction of sp³-hybridized carbons (Fsp3) is 0.409. The summed E-state index contributed by atoms with van der Waals surface area (Å²) in [5.74, 6) is -2.40. The summed E-state index contributed by atoms with van der Waals surface area (Å²) in [4.78, 5) is 20.5. The van der Waals surface area contributed by atoms with Crippen LogP contribution in [0.15, 0.2) is 30.6 Å². The number of halogens is 5. The Morgan fingerprint density at radius 2 is 1.64 bits per heavy atom. The van der Waals surface area contributed by atoms with Crippen molar-refractivity contribution in [2.75, 3.05) is 23.3 Å². The molecule has 0 unspecified atom stereocenters. The maximum absolute atomic E-state index is 13.9. The molecule has 3 heterocycles. The van der Waals surface area contributed by atoms with Gasteiger partial charge >= 0.3 is 12.1 Å². The highest BCUT2D eigenvalue weighted by molar-refractivity contribution is 5.79. The standard InChI is InChI=1S/C20H20F2N6O.C2HF3O2/c21-12-1-4-18(15(22)9-12)29-14-5-7-28(8-6-14)20-19(25-13-2-3-13)26-16-10-23-24-11-17(16)27-20;3-2(4,5)1(6)7/h1,4,9-11,13-14H,2-3,5-8H2,(H,25,26);(H,6,7). The molecule has 2 N–H and O–H groups in total. The zero-order chi connectivity index (χ0) is 25.9. The molecule has 5 rings (SSSR count). The highest BCUT2D eigenvalue weighted by Gasteiger charge is 2.38. The molecule has 0 atom stereocenters. The molecule has 1 saturated carbocycles. The normalized spacial score (nSPS) is 16.3. The fourth-order valence-electron chi connectivity index (χ4n) is 3.49. The first-order valence-corrected chi connectivity index (χ1v) is 11.0. The van der Waals surface area contributed by atoms with Gasteiger partial charge in [0.1, 0.15) is 23.0 Å². The summed E-state index contributed by atoms with van der Waals surface area (Å²) in [5.41, 5.74) is 1.40. The lowest BCUT2D eigenvalue weighted by molar-refractivity contribution is -0.192. The molecule has 36 heavy (non-hydrogen) atoms. The number of fused-ring (bicyclic) bond motifs is 1. The SMILES string of the molecule is Fc1ccc(OC2CCN(c3nc4cnncc4nc3NC3CC3)CC2)c(F)c1.O=C(O)C(F)(F)F. The van der Waals surface area contributed by atoms with Crippen molar-refractivity contribution in [1.29, 1.82) is 0 Å². The topological polar surface area (TPSA) is 113 Å². The molecular weight excluding hydrogens is 491 g/mol. The molecule has 0 spiro atoms.